The molecule has 1 aliphatic carbocycles. The van der Waals surface area contributed by atoms with Crippen molar-refractivity contribution in [3.05, 3.63) is 59.6 Å². The van der Waals surface area contributed by atoms with Crippen molar-refractivity contribution >= 4 is 29.1 Å². The van der Waals surface area contributed by atoms with Crippen LogP contribution in [0.3, 0.4) is 0 Å². The number of halogens is 1. The molecule has 1 fully saturated rings. The first-order valence-electron chi connectivity index (χ1n) is 8.68. The molecular weight excluding hydrogens is 366 g/mol. The summed E-state index contributed by atoms with van der Waals surface area (Å²) in [6.45, 7) is 0. The van der Waals surface area contributed by atoms with Crippen LogP contribution in [0.25, 0.3) is 17.1 Å². The molecule has 4 rings (SSSR count). The van der Waals surface area contributed by atoms with Gasteiger partial charge in [-0.1, -0.05) is 48.0 Å². The number of carbonyl (C=O) groups is 1. The predicted octanol–water partition coefficient (Wildman–Crippen LogP) is 5.19. The quantitative estimate of drug-likeness (QED) is 0.621. The highest BCUT2D eigenvalue weighted by Gasteiger charge is 2.26. The molecule has 3 aromatic rings. The van der Waals surface area contributed by atoms with Gasteiger partial charge in [-0.2, -0.15) is 0 Å². The van der Waals surface area contributed by atoms with E-state index >= 15 is 0 Å². The third kappa shape index (κ3) is 3.55. The average Bonchev–Trinajstić information content (AvgIpc) is 3.08. The highest BCUT2D eigenvalue weighted by atomic mass is 35.5. The fraction of sp³-hybridized carbons (Fsp3) is 0.250. The summed E-state index contributed by atoms with van der Waals surface area (Å²) in [5.74, 6) is 1.07. The van der Waals surface area contributed by atoms with E-state index in [1.807, 2.05) is 59.2 Å². The minimum absolute atomic E-state index is 0.0338. The van der Waals surface area contributed by atoms with Crippen LogP contribution in [0.2, 0.25) is 5.02 Å². The first-order valence-corrected chi connectivity index (χ1v) is 9.94. The maximum Gasteiger partial charge on any atom is 0.196 e. The molecule has 0 spiro atoms. The van der Waals surface area contributed by atoms with Gasteiger partial charge in [-0.15, -0.1) is 10.2 Å². The van der Waals surface area contributed by atoms with Crippen molar-refractivity contribution in [2.45, 2.75) is 36.1 Å². The first-order chi connectivity index (χ1) is 12.7. The number of hydrogen-bond donors (Lipinski definition) is 0. The summed E-state index contributed by atoms with van der Waals surface area (Å²) >= 11 is 7.55. The van der Waals surface area contributed by atoms with Gasteiger partial charge in [0.2, 0.25) is 0 Å². The fourth-order valence-electron chi connectivity index (χ4n) is 3.14. The lowest BCUT2D eigenvalue weighted by molar-refractivity contribution is -0.119. The van der Waals surface area contributed by atoms with E-state index in [0.717, 1.165) is 41.5 Å². The molecule has 0 N–H and O–H groups in total. The van der Waals surface area contributed by atoms with Crippen LogP contribution < -0.4 is 0 Å². The van der Waals surface area contributed by atoms with Gasteiger partial charge in [0.1, 0.15) is 5.78 Å². The van der Waals surface area contributed by atoms with E-state index in [1.165, 1.54) is 11.8 Å². The van der Waals surface area contributed by atoms with Crippen LogP contribution in [0.5, 0.6) is 0 Å². The summed E-state index contributed by atoms with van der Waals surface area (Å²) in [5, 5.41) is 10.2. The van der Waals surface area contributed by atoms with Crippen molar-refractivity contribution in [1.82, 2.24) is 14.8 Å². The third-order valence-electron chi connectivity index (χ3n) is 4.50. The molecule has 1 saturated carbocycles. The Morgan fingerprint density at radius 3 is 2.50 bits per heavy atom. The molecule has 0 amide bonds. The van der Waals surface area contributed by atoms with Crippen molar-refractivity contribution < 1.29 is 4.79 Å². The second-order valence-electron chi connectivity index (χ2n) is 6.30. The van der Waals surface area contributed by atoms with E-state index in [0.29, 0.717) is 17.2 Å². The molecule has 1 aromatic heterocycles. The van der Waals surface area contributed by atoms with E-state index in [4.69, 9.17) is 11.6 Å². The Morgan fingerprint density at radius 1 is 1.00 bits per heavy atom. The van der Waals surface area contributed by atoms with Gasteiger partial charge in [0.05, 0.1) is 5.25 Å². The van der Waals surface area contributed by atoms with Crippen molar-refractivity contribution in [1.29, 1.82) is 0 Å². The fourth-order valence-corrected chi connectivity index (χ4v) is 4.44. The summed E-state index contributed by atoms with van der Waals surface area (Å²) < 4.78 is 2.02. The monoisotopic (exact) mass is 383 g/mol. The van der Waals surface area contributed by atoms with E-state index in [-0.39, 0.29) is 5.25 Å². The zero-order valence-electron chi connectivity index (χ0n) is 14.1. The minimum atomic E-state index is -0.0338. The van der Waals surface area contributed by atoms with Gasteiger partial charge in [0, 0.05) is 22.7 Å². The van der Waals surface area contributed by atoms with Crippen LogP contribution in [0.4, 0.5) is 0 Å². The van der Waals surface area contributed by atoms with Crippen LogP contribution in [-0.4, -0.2) is 25.8 Å². The Balaban J connectivity index is 1.77. The van der Waals surface area contributed by atoms with Gasteiger partial charge in [-0.05, 0) is 49.2 Å². The number of thioether (sulfide) groups is 1. The molecule has 0 radical (unpaired) electrons. The van der Waals surface area contributed by atoms with Crippen molar-refractivity contribution in [3.8, 4) is 17.1 Å². The Labute approximate surface area is 161 Å². The molecule has 4 nitrogen and oxygen atoms in total. The molecule has 0 bridgehead atoms. The largest absolute Gasteiger partial charge is 0.298 e. The van der Waals surface area contributed by atoms with Crippen LogP contribution in [0.15, 0.2) is 59.8 Å². The van der Waals surface area contributed by atoms with Gasteiger partial charge < -0.3 is 0 Å². The Kier molecular flexibility index (Phi) is 5.09. The van der Waals surface area contributed by atoms with E-state index < -0.39 is 0 Å². The van der Waals surface area contributed by atoms with Gasteiger partial charge in [0.15, 0.2) is 11.0 Å². The molecule has 0 saturated heterocycles. The molecule has 1 heterocycles. The maximum absolute atomic E-state index is 12.3. The standard InChI is InChI=1S/C20H18ClN3OS/c21-15-12-10-14(11-13-15)19-22-23-20(24(19)16-6-2-1-3-7-16)26-18-9-5-4-8-17(18)25/h1-3,6-7,10-13,18H,4-5,8-9H2. The zero-order chi connectivity index (χ0) is 17.9. The Bertz CT molecular complexity index is 909. The average molecular weight is 384 g/mol. The van der Waals surface area contributed by atoms with Gasteiger partial charge in [-0.25, -0.2) is 0 Å². The lowest BCUT2D eigenvalue weighted by Gasteiger charge is -2.19. The SMILES string of the molecule is O=C1CCCCC1Sc1nnc(-c2ccc(Cl)cc2)n1-c1ccccc1. The van der Waals surface area contributed by atoms with Gasteiger partial charge in [-0.3, -0.25) is 9.36 Å². The topological polar surface area (TPSA) is 47.8 Å². The summed E-state index contributed by atoms with van der Waals surface area (Å²) in [6.07, 6.45) is 3.66. The van der Waals surface area contributed by atoms with Gasteiger partial charge >= 0.3 is 0 Å². The number of ketones is 1. The summed E-state index contributed by atoms with van der Waals surface area (Å²) in [7, 11) is 0. The molecule has 132 valence electrons. The number of benzene rings is 2. The number of Topliss-reactive ketones (excluding diaryl/α,β-unsaturated/α-hetero) is 1. The molecule has 1 unspecified atom stereocenters. The Hall–Kier alpha value is -2.11. The highest BCUT2D eigenvalue weighted by molar-refractivity contribution is 8.00. The number of aromatic nitrogens is 3. The second-order valence-corrected chi connectivity index (χ2v) is 7.91. The van der Waals surface area contributed by atoms with Crippen LogP contribution in [0, 0.1) is 0 Å². The Morgan fingerprint density at radius 2 is 1.77 bits per heavy atom. The molecule has 26 heavy (non-hydrogen) atoms. The zero-order valence-corrected chi connectivity index (χ0v) is 15.7. The molecule has 0 aliphatic heterocycles. The molecule has 1 aliphatic rings. The lowest BCUT2D eigenvalue weighted by atomic mass is 9.99. The summed E-state index contributed by atoms with van der Waals surface area (Å²) in [4.78, 5) is 12.3. The number of nitrogens with zero attached hydrogens (tertiary/aromatic N) is 3. The van der Waals surface area contributed by atoms with E-state index in [1.54, 1.807) is 0 Å². The van der Waals surface area contributed by atoms with Crippen molar-refractivity contribution in [3.63, 3.8) is 0 Å². The van der Waals surface area contributed by atoms with E-state index in [2.05, 4.69) is 10.2 Å². The van der Waals surface area contributed by atoms with Crippen LogP contribution in [0.1, 0.15) is 25.7 Å². The lowest BCUT2D eigenvalue weighted by Crippen LogP contribution is -2.21. The minimum Gasteiger partial charge on any atom is -0.298 e. The summed E-state index contributed by atoms with van der Waals surface area (Å²) in [6, 6.07) is 17.6. The predicted molar refractivity (Wildman–Crippen MR) is 105 cm³/mol. The third-order valence-corrected chi connectivity index (χ3v) is 6.01. The van der Waals surface area contributed by atoms with Crippen LogP contribution >= 0.6 is 23.4 Å². The van der Waals surface area contributed by atoms with Crippen LogP contribution in [-0.2, 0) is 4.79 Å². The summed E-state index contributed by atoms with van der Waals surface area (Å²) in [5.41, 5.74) is 1.92. The van der Waals surface area contributed by atoms with Crippen molar-refractivity contribution in [2.75, 3.05) is 0 Å². The second kappa shape index (κ2) is 7.64. The number of rotatable bonds is 4. The van der Waals surface area contributed by atoms with Crippen molar-refractivity contribution in [2.24, 2.45) is 0 Å². The molecule has 1 atom stereocenters. The first kappa shape index (κ1) is 17.3. The van der Waals surface area contributed by atoms with E-state index in [9.17, 15) is 4.79 Å². The molecule has 6 heteroatoms. The normalized spacial score (nSPS) is 17.4. The number of carbonyl (C=O) groups excluding carboxylic acids is 1. The number of para-hydroxylation sites is 1. The molecular formula is C20H18ClN3OS. The maximum atomic E-state index is 12.3. The number of hydrogen-bond acceptors (Lipinski definition) is 4. The smallest absolute Gasteiger partial charge is 0.196 e. The van der Waals surface area contributed by atoms with Gasteiger partial charge in [0.25, 0.3) is 0 Å². The molecule has 2 aromatic carbocycles. The highest BCUT2D eigenvalue weighted by Crippen LogP contribution is 2.34.